The molecule has 0 spiro atoms. The first-order chi connectivity index (χ1) is 12.1. The topological polar surface area (TPSA) is 158 Å². The highest BCUT2D eigenvalue weighted by Crippen LogP contribution is 2.23. The second-order valence-electron chi connectivity index (χ2n) is 6.04. The van der Waals surface area contributed by atoms with Crippen LogP contribution >= 0.6 is 0 Å². The molecule has 0 aromatic rings. The quantitative estimate of drug-likeness (QED) is 0.248. The molecule has 1 aliphatic rings. The predicted molar refractivity (Wildman–Crippen MR) is 85.1 cm³/mol. The second-order valence-corrected chi connectivity index (χ2v) is 6.04. The summed E-state index contributed by atoms with van der Waals surface area (Å²) in [7, 11) is 0. The van der Waals surface area contributed by atoms with Gasteiger partial charge < -0.3 is 40.5 Å². The number of carbonyl (C=O) groups excluding carboxylic acids is 2. The number of nitrogens with one attached hydrogen (secondary N) is 2. The summed E-state index contributed by atoms with van der Waals surface area (Å²) in [5.41, 5.74) is 0. The molecule has 1 saturated heterocycles. The Morgan fingerprint density at radius 1 is 1.44 bits per heavy atom. The fraction of sp³-hybridized carbons (Fsp3) is 0.867. The number of amides is 1. The van der Waals surface area contributed by atoms with Crippen LogP contribution in [0.3, 0.4) is 0 Å². The molecule has 25 heavy (non-hydrogen) atoms. The number of aliphatic hydroxyl groups is 4. The Kier molecular flexibility index (Phi) is 8.16. The van der Waals surface area contributed by atoms with Crippen LogP contribution in [0.4, 0.5) is 0 Å². The van der Waals surface area contributed by atoms with Gasteiger partial charge in [-0.05, 0) is 13.8 Å². The van der Waals surface area contributed by atoms with Crippen LogP contribution in [-0.4, -0.2) is 94.7 Å². The number of carbonyl (C=O) groups is 1. The maximum atomic E-state index is 11.4. The zero-order valence-electron chi connectivity index (χ0n) is 15.4. The molecular formula is C15H27N2O8. The number of hydrogen-bond donors (Lipinski definition) is 6. The number of hydrogen-bond acceptors (Lipinski definition) is 9. The van der Waals surface area contributed by atoms with E-state index in [0.29, 0.717) is 0 Å². The molecule has 1 amide bonds. The highest BCUT2D eigenvalue weighted by Gasteiger charge is 2.46. The van der Waals surface area contributed by atoms with Gasteiger partial charge in [0.1, 0.15) is 31.8 Å². The minimum absolute atomic E-state index is 0.123. The summed E-state index contributed by atoms with van der Waals surface area (Å²) in [6.07, 6.45) is -5.41. The van der Waals surface area contributed by atoms with Crippen LogP contribution in [0, 0.1) is 0 Å². The van der Waals surface area contributed by atoms with Crippen molar-refractivity contribution in [2.75, 3.05) is 13.2 Å². The SMILES string of the molecule is [2H]N(CC(C)O[C@H]1[C@H](O)[C@@H](CO)O[C@H](O)[C@@H]1NC(C)=O)[C@H]([C]=O)[C@@H](C)O. The van der Waals surface area contributed by atoms with Gasteiger partial charge in [0.15, 0.2) is 6.29 Å². The zero-order valence-corrected chi connectivity index (χ0v) is 14.4. The summed E-state index contributed by atoms with van der Waals surface area (Å²) in [6.45, 7) is 3.42. The maximum absolute atomic E-state index is 11.4. The molecule has 1 heterocycles. The van der Waals surface area contributed by atoms with E-state index in [0.717, 1.165) is 5.31 Å². The molecule has 1 rings (SSSR count). The van der Waals surface area contributed by atoms with E-state index in [1.165, 1.54) is 13.8 Å². The van der Waals surface area contributed by atoms with Gasteiger partial charge in [-0.3, -0.25) is 9.59 Å². The molecule has 6 N–H and O–H groups in total. The largest absolute Gasteiger partial charge is 0.394 e. The van der Waals surface area contributed by atoms with Gasteiger partial charge in [0.2, 0.25) is 12.2 Å². The van der Waals surface area contributed by atoms with E-state index in [4.69, 9.17) is 10.9 Å². The number of rotatable bonds is 9. The summed E-state index contributed by atoms with van der Waals surface area (Å²) < 4.78 is 18.6. The van der Waals surface area contributed by atoms with E-state index in [2.05, 4.69) is 5.32 Å². The van der Waals surface area contributed by atoms with Crippen molar-refractivity contribution in [2.45, 2.75) is 69.7 Å². The van der Waals surface area contributed by atoms with Gasteiger partial charge in [-0.1, -0.05) is 0 Å². The summed E-state index contributed by atoms with van der Waals surface area (Å²) in [6, 6.07) is -2.28. The van der Waals surface area contributed by atoms with Gasteiger partial charge in [0.05, 0.1) is 18.8 Å². The number of aliphatic hydroxyl groups excluding tert-OH is 4. The van der Waals surface area contributed by atoms with E-state index in [1.807, 2.05) is 0 Å². The molecule has 1 fully saturated rings. The van der Waals surface area contributed by atoms with Crippen LogP contribution in [0.5, 0.6) is 0 Å². The molecular weight excluding hydrogens is 336 g/mol. The first-order valence-corrected chi connectivity index (χ1v) is 7.98. The van der Waals surface area contributed by atoms with Gasteiger partial charge in [-0.2, -0.15) is 0 Å². The molecule has 8 atom stereocenters. The lowest BCUT2D eigenvalue weighted by Crippen LogP contribution is -2.65. The Hall–Kier alpha value is -1.14. The van der Waals surface area contributed by atoms with Crippen LogP contribution in [0.15, 0.2) is 0 Å². The molecule has 10 heteroatoms. The Bertz CT molecular complexity index is 469. The Balaban J connectivity index is 2.85. The van der Waals surface area contributed by atoms with Crippen molar-refractivity contribution < 1.29 is 40.9 Å². The molecule has 0 aromatic heterocycles. The van der Waals surface area contributed by atoms with Gasteiger partial charge >= 0.3 is 0 Å². The van der Waals surface area contributed by atoms with Crippen molar-refractivity contribution in [3.63, 3.8) is 0 Å². The minimum atomic E-state index is -1.52. The molecule has 0 aromatic carbocycles. The van der Waals surface area contributed by atoms with E-state index < -0.39 is 61.4 Å². The molecule has 0 aliphatic carbocycles. The predicted octanol–water partition coefficient (Wildman–Crippen LogP) is -3.22. The van der Waals surface area contributed by atoms with Crippen LogP contribution in [0.25, 0.3) is 0 Å². The van der Waals surface area contributed by atoms with Gasteiger partial charge in [-0.25, -0.2) is 0 Å². The highest BCUT2D eigenvalue weighted by atomic mass is 16.6. The highest BCUT2D eigenvalue weighted by molar-refractivity contribution is 5.73. The third-order valence-corrected chi connectivity index (χ3v) is 3.77. The summed E-state index contributed by atoms with van der Waals surface area (Å²) in [4.78, 5) is 22.2. The Morgan fingerprint density at radius 2 is 2.08 bits per heavy atom. The van der Waals surface area contributed by atoms with Crippen molar-refractivity contribution in [1.82, 2.24) is 10.6 Å². The molecule has 1 unspecified atom stereocenters. The Labute approximate surface area is 147 Å². The lowest BCUT2D eigenvalue weighted by Gasteiger charge is -2.43. The zero-order chi connectivity index (χ0) is 20.0. The first kappa shape index (κ1) is 20.2. The maximum Gasteiger partial charge on any atom is 0.219 e. The van der Waals surface area contributed by atoms with Crippen molar-refractivity contribution in [3.05, 3.63) is 0 Å². The minimum Gasteiger partial charge on any atom is -0.394 e. The van der Waals surface area contributed by atoms with E-state index >= 15 is 0 Å². The summed E-state index contributed by atoms with van der Waals surface area (Å²) in [5, 5.41) is 42.3. The van der Waals surface area contributed by atoms with Gasteiger partial charge in [-0.15, -0.1) is 0 Å². The first-order valence-electron chi connectivity index (χ1n) is 8.43. The molecule has 10 nitrogen and oxygen atoms in total. The van der Waals surface area contributed by atoms with E-state index in [9.17, 15) is 30.0 Å². The molecule has 0 saturated carbocycles. The molecule has 0 bridgehead atoms. The fourth-order valence-corrected chi connectivity index (χ4v) is 2.50. The smallest absolute Gasteiger partial charge is 0.219 e. The third-order valence-electron chi connectivity index (χ3n) is 3.77. The number of ether oxygens (including phenoxy) is 2. The van der Waals surface area contributed by atoms with Crippen LogP contribution in [0.2, 0.25) is 1.41 Å². The van der Waals surface area contributed by atoms with Crippen LogP contribution in [0.1, 0.15) is 20.8 Å². The van der Waals surface area contributed by atoms with Crippen LogP contribution < -0.4 is 10.6 Å². The molecule has 145 valence electrons. The van der Waals surface area contributed by atoms with Crippen molar-refractivity contribution >= 4 is 12.2 Å². The summed E-state index contributed by atoms with van der Waals surface area (Å²) >= 11 is 0. The monoisotopic (exact) mass is 364 g/mol. The summed E-state index contributed by atoms with van der Waals surface area (Å²) in [5.74, 6) is -0.486. The molecule has 1 radical (unpaired) electrons. The van der Waals surface area contributed by atoms with Crippen molar-refractivity contribution in [3.8, 4) is 0 Å². The second kappa shape index (κ2) is 10.1. The van der Waals surface area contributed by atoms with E-state index in [1.54, 1.807) is 13.2 Å². The standard InChI is InChI=1S/C15H27N2O8/c1-7(4-16-10(5-18)8(2)20)24-14-12(17-9(3)21)15(23)25-11(6-19)13(14)22/h7-8,10-16,19-20,22-23H,4,6H2,1-3H3,(H,17,21)/t7?,8-,10-,11-,12-,13-,14-,15+/m1/s1/i/hD. The van der Waals surface area contributed by atoms with Crippen molar-refractivity contribution in [1.29, 1.82) is 0 Å². The normalized spacial score (nSPS) is 34.1. The average Bonchev–Trinajstić information content (AvgIpc) is 2.53. The average molecular weight is 364 g/mol. The van der Waals surface area contributed by atoms with Crippen LogP contribution in [-0.2, 0) is 19.1 Å². The van der Waals surface area contributed by atoms with E-state index in [-0.39, 0.29) is 6.54 Å². The fourth-order valence-electron chi connectivity index (χ4n) is 2.50. The lowest BCUT2D eigenvalue weighted by molar-refractivity contribution is -0.267. The molecule has 1 aliphatic heterocycles. The lowest BCUT2D eigenvalue weighted by atomic mass is 9.96. The third kappa shape index (κ3) is 6.26. The van der Waals surface area contributed by atoms with Gasteiger partial charge in [0, 0.05) is 13.5 Å². The Morgan fingerprint density at radius 3 is 2.56 bits per heavy atom. The van der Waals surface area contributed by atoms with Crippen molar-refractivity contribution in [2.24, 2.45) is 0 Å². The van der Waals surface area contributed by atoms with Gasteiger partial charge in [0.25, 0.3) is 0 Å².